The summed E-state index contributed by atoms with van der Waals surface area (Å²) in [6.45, 7) is 0.674. The predicted molar refractivity (Wildman–Crippen MR) is 106 cm³/mol. The van der Waals surface area contributed by atoms with Gasteiger partial charge in [-0.3, -0.25) is 9.59 Å². The summed E-state index contributed by atoms with van der Waals surface area (Å²) >= 11 is 3.97. The first-order chi connectivity index (χ1) is 12.2. The number of amides is 1. The van der Waals surface area contributed by atoms with Crippen molar-refractivity contribution < 1.29 is 14.7 Å². The fourth-order valence-corrected chi connectivity index (χ4v) is 5.60. The molecule has 2 N–H and O–H groups in total. The number of hydrogen-bond donors (Lipinski definition) is 2. The van der Waals surface area contributed by atoms with E-state index in [2.05, 4.69) is 17.4 Å². The lowest BCUT2D eigenvalue weighted by Gasteiger charge is -2.21. The molecular formula is C19H27NO3S2. The van der Waals surface area contributed by atoms with Crippen LogP contribution in [-0.2, 0) is 4.79 Å². The number of nitrogens with one attached hydrogen (secondary N) is 1. The molecule has 0 aliphatic carbocycles. The van der Waals surface area contributed by atoms with Crippen LogP contribution in [0.15, 0.2) is 24.3 Å². The second kappa shape index (κ2) is 11.5. The van der Waals surface area contributed by atoms with Crippen LogP contribution in [0.3, 0.4) is 0 Å². The summed E-state index contributed by atoms with van der Waals surface area (Å²) in [6.07, 6.45) is 6.21. The molecule has 1 fully saturated rings. The molecule has 1 amide bonds. The summed E-state index contributed by atoms with van der Waals surface area (Å²) in [7, 11) is 0. The van der Waals surface area contributed by atoms with Crippen LogP contribution in [0, 0.1) is 0 Å². The summed E-state index contributed by atoms with van der Waals surface area (Å²) in [4.78, 5) is 22.6. The molecule has 0 atom stereocenters. The largest absolute Gasteiger partial charge is 0.481 e. The highest BCUT2D eigenvalue weighted by Gasteiger charge is 2.16. The topological polar surface area (TPSA) is 66.4 Å². The Hall–Kier alpha value is -1.14. The van der Waals surface area contributed by atoms with Crippen LogP contribution in [-0.4, -0.2) is 35.0 Å². The molecule has 1 aliphatic heterocycles. The van der Waals surface area contributed by atoms with Crippen LogP contribution >= 0.6 is 23.5 Å². The Morgan fingerprint density at radius 1 is 1.00 bits per heavy atom. The van der Waals surface area contributed by atoms with E-state index in [1.54, 1.807) is 0 Å². The SMILES string of the molecule is O=C(O)CCCCCCCNC(=O)c1ccc(C2SCCCS2)cc1. The lowest BCUT2D eigenvalue weighted by atomic mass is 10.1. The summed E-state index contributed by atoms with van der Waals surface area (Å²) in [6, 6.07) is 8.00. The number of thioether (sulfide) groups is 2. The van der Waals surface area contributed by atoms with Gasteiger partial charge in [0.25, 0.3) is 5.91 Å². The minimum Gasteiger partial charge on any atom is -0.481 e. The average Bonchev–Trinajstić information content (AvgIpc) is 2.64. The van der Waals surface area contributed by atoms with Gasteiger partial charge >= 0.3 is 5.97 Å². The van der Waals surface area contributed by atoms with Gasteiger partial charge in [-0.2, -0.15) is 0 Å². The van der Waals surface area contributed by atoms with Crippen LogP contribution in [0.25, 0.3) is 0 Å². The Morgan fingerprint density at radius 2 is 1.64 bits per heavy atom. The Kier molecular flexibility index (Phi) is 9.26. The summed E-state index contributed by atoms with van der Waals surface area (Å²) in [5.74, 6) is 1.70. The number of carbonyl (C=O) groups is 2. The highest BCUT2D eigenvalue weighted by Crippen LogP contribution is 2.43. The van der Waals surface area contributed by atoms with Crippen molar-refractivity contribution in [2.75, 3.05) is 18.1 Å². The molecule has 1 aromatic carbocycles. The smallest absolute Gasteiger partial charge is 0.303 e. The van der Waals surface area contributed by atoms with Gasteiger partial charge in [0, 0.05) is 18.5 Å². The summed E-state index contributed by atoms with van der Waals surface area (Å²) < 4.78 is 0.506. The van der Waals surface area contributed by atoms with E-state index in [0.29, 0.717) is 11.1 Å². The fraction of sp³-hybridized carbons (Fsp3) is 0.579. The number of carboxylic acids is 1. The third-order valence-corrected chi connectivity index (χ3v) is 7.14. The molecule has 0 saturated carbocycles. The third kappa shape index (κ3) is 7.74. The van der Waals surface area contributed by atoms with Crippen LogP contribution in [0.5, 0.6) is 0 Å². The second-order valence-electron chi connectivity index (χ2n) is 6.22. The molecule has 4 nitrogen and oxygen atoms in total. The zero-order valence-electron chi connectivity index (χ0n) is 14.5. The van der Waals surface area contributed by atoms with Crippen LogP contribution in [0.2, 0.25) is 0 Å². The molecule has 1 aliphatic rings. The number of benzene rings is 1. The fourth-order valence-electron chi connectivity index (χ4n) is 2.71. The minimum absolute atomic E-state index is 0.0126. The molecule has 1 aromatic rings. The molecule has 2 rings (SSSR count). The molecule has 0 radical (unpaired) electrons. The van der Waals surface area contributed by atoms with Crippen molar-refractivity contribution >= 4 is 35.4 Å². The van der Waals surface area contributed by atoms with Gasteiger partial charge in [-0.1, -0.05) is 31.4 Å². The van der Waals surface area contributed by atoms with E-state index in [0.717, 1.165) is 37.7 Å². The molecule has 0 spiro atoms. The monoisotopic (exact) mass is 381 g/mol. The maximum atomic E-state index is 12.2. The van der Waals surface area contributed by atoms with E-state index in [9.17, 15) is 9.59 Å². The van der Waals surface area contributed by atoms with Gasteiger partial charge in [-0.15, -0.1) is 23.5 Å². The van der Waals surface area contributed by atoms with Crippen molar-refractivity contribution in [1.29, 1.82) is 0 Å². The first-order valence-corrected chi connectivity index (χ1v) is 11.1. The van der Waals surface area contributed by atoms with E-state index >= 15 is 0 Å². The molecule has 0 aromatic heterocycles. The van der Waals surface area contributed by atoms with E-state index < -0.39 is 5.97 Å². The Balaban J connectivity index is 1.61. The van der Waals surface area contributed by atoms with Crippen molar-refractivity contribution in [2.45, 2.75) is 49.5 Å². The third-order valence-electron chi connectivity index (χ3n) is 4.13. The van der Waals surface area contributed by atoms with Gasteiger partial charge in [0.2, 0.25) is 0 Å². The van der Waals surface area contributed by atoms with Crippen LogP contribution < -0.4 is 5.32 Å². The highest BCUT2D eigenvalue weighted by atomic mass is 32.2. The quantitative estimate of drug-likeness (QED) is 0.575. The lowest BCUT2D eigenvalue weighted by Crippen LogP contribution is -2.24. The maximum Gasteiger partial charge on any atom is 0.303 e. The zero-order chi connectivity index (χ0) is 17.9. The molecule has 0 bridgehead atoms. The molecule has 6 heteroatoms. The average molecular weight is 382 g/mol. The van der Waals surface area contributed by atoms with E-state index in [4.69, 9.17) is 5.11 Å². The molecule has 1 heterocycles. The molecule has 25 heavy (non-hydrogen) atoms. The minimum atomic E-state index is -0.723. The lowest BCUT2D eigenvalue weighted by molar-refractivity contribution is -0.137. The van der Waals surface area contributed by atoms with Gasteiger partial charge in [0.05, 0.1) is 4.58 Å². The number of unbranched alkanes of at least 4 members (excludes halogenated alkanes) is 4. The number of hydrogen-bond acceptors (Lipinski definition) is 4. The normalized spacial score (nSPS) is 15.0. The van der Waals surface area contributed by atoms with E-state index in [1.165, 1.54) is 23.5 Å². The Labute approximate surface area is 158 Å². The van der Waals surface area contributed by atoms with E-state index in [-0.39, 0.29) is 12.3 Å². The zero-order valence-corrected chi connectivity index (χ0v) is 16.2. The number of aliphatic carboxylic acids is 1. The standard InChI is InChI=1S/C19H27NO3S2/c21-17(22)7-4-2-1-3-5-12-20-18(23)15-8-10-16(11-9-15)19-24-13-6-14-25-19/h8-11,19H,1-7,12-14H2,(H,20,23)(H,21,22). The van der Waals surface area contributed by atoms with E-state index in [1.807, 2.05) is 35.7 Å². The Bertz CT molecular complexity index is 542. The number of rotatable bonds is 10. The van der Waals surface area contributed by atoms with Crippen molar-refractivity contribution in [3.8, 4) is 0 Å². The van der Waals surface area contributed by atoms with Crippen molar-refractivity contribution in [1.82, 2.24) is 5.32 Å². The first-order valence-electron chi connectivity index (χ1n) is 9.00. The van der Waals surface area contributed by atoms with Gasteiger partial charge in [0.1, 0.15) is 0 Å². The van der Waals surface area contributed by atoms with Gasteiger partial charge in [-0.05, 0) is 48.5 Å². The Morgan fingerprint density at radius 3 is 2.32 bits per heavy atom. The maximum absolute atomic E-state index is 12.2. The van der Waals surface area contributed by atoms with Gasteiger partial charge in [-0.25, -0.2) is 0 Å². The van der Waals surface area contributed by atoms with Crippen molar-refractivity contribution in [3.05, 3.63) is 35.4 Å². The van der Waals surface area contributed by atoms with Crippen molar-refractivity contribution in [3.63, 3.8) is 0 Å². The van der Waals surface area contributed by atoms with Crippen LogP contribution in [0.4, 0.5) is 0 Å². The second-order valence-corrected chi connectivity index (χ2v) is 8.94. The van der Waals surface area contributed by atoms with Crippen LogP contribution in [0.1, 0.15) is 65.4 Å². The molecule has 1 saturated heterocycles. The summed E-state index contributed by atoms with van der Waals surface area (Å²) in [5, 5.41) is 11.5. The molecule has 138 valence electrons. The number of carbonyl (C=O) groups excluding carboxylic acids is 1. The van der Waals surface area contributed by atoms with Crippen molar-refractivity contribution in [2.24, 2.45) is 0 Å². The first kappa shape index (κ1) is 20.2. The summed E-state index contributed by atoms with van der Waals surface area (Å²) in [5.41, 5.74) is 2.02. The van der Waals surface area contributed by atoms with Gasteiger partial charge < -0.3 is 10.4 Å². The van der Waals surface area contributed by atoms with Gasteiger partial charge in [0.15, 0.2) is 0 Å². The number of carboxylic acid groups (broad SMARTS) is 1. The molecule has 0 unspecified atom stereocenters. The predicted octanol–water partition coefficient (Wildman–Crippen LogP) is 4.71. The highest BCUT2D eigenvalue weighted by molar-refractivity contribution is 8.16. The molecular weight excluding hydrogens is 354 g/mol.